The number of amides is 4. The van der Waals surface area contributed by atoms with Gasteiger partial charge in [0, 0.05) is 87.0 Å². The number of hydrogen-bond acceptors (Lipinski definition) is 13. The van der Waals surface area contributed by atoms with Crippen molar-refractivity contribution in [3.63, 3.8) is 0 Å². The number of carbonyl (C=O) groups is 4. The Labute approximate surface area is 446 Å². The molecule has 17 nitrogen and oxygen atoms in total. The third-order valence-corrected chi connectivity index (χ3v) is 13.5. The minimum absolute atomic E-state index is 0.0398. The molecule has 0 spiro atoms. The summed E-state index contributed by atoms with van der Waals surface area (Å²) in [5.74, 6) is 0.435. The van der Waals surface area contributed by atoms with Crippen LogP contribution in [-0.4, -0.2) is 121 Å². The Bertz CT molecular complexity index is 2920. The highest BCUT2D eigenvalue weighted by Crippen LogP contribution is 2.43. The van der Waals surface area contributed by atoms with Gasteiger partial charge in [0.25, 0.3) is 0 Å². The molecule has 4 amide bonds. The van der Waals surface area contributed by atoms with E-state index in [1.54, 1.807) is 36.4 Å². The molecule has 7 rings (SSSR count). The van der Waals surface area contributed by atoms with Gasteiger partial charge >= 0.3 is 6.03 Å². The van der Waals surface area contributed by atoms with Gasteiger partial charge in [0.15, 0.2) is 5.82 Å². The van der Waals surface area contributed by atoms with Gasteiger partial charge in [-0.25, -0.2) is 14.2 Å². The Kier molecular flexibility index (Phi) is 19.0. The largest absolute Gasteiger partial charge is 0.508 e. The van der Waals surface area contributed by atoms with Crippen LogP contribution in [0.15, 0.2) is 60.7 Å². The highest BCUT2D eigenvalue weighted by Gasteiger charge is 2.28. The molecule has 1 aromatic heterocycles. The average molecular weight is 1070 g/mol. The Hall–Kier alpha value is -6.57. The van der Waals surface area contributed by atoms with Crippen molar-refractivity contribution < 1.29 is 42.9 Å². The van der Waals surface area contributed by atoms with E-state index in [-0.39, 0.29) is 79.5 Å². The number of phenolic OH excluding ortho intramolecular Hbond substituents is 1. The van der Waals surface area contributed by atoms with Crippen LogP contribution >= 0.6 is 23.2 Å². The molecule has 4 aromatic carbocycles. The van der Waals surface area contributed by atoms with Crippen molar-refractivity contribution in [3.05, 3.63) is 104 Å². The summed E-state index contributed by atoms with van der Waals surface area (Å²) in [6, 6.07) is 14.2. The third kappa shape index (κ3) is 15.1. The zero-order valence-electron chi connectivity index (χ0n) is 43.2. The van der Waals surface area contributed by atoms with Crippen LogP contribution in [0, 0.1) is 12.7 Å². The quantitative estimate of drug-likeness (QED) is 0.0253. The fourth-order valence-electron chi connectivity index (χ4n) is 8.80. The molecule has 0 bridgehead atoms. The van der Waals surface area contributed by atoms with Gasteiger partial charge in [-0.05, 0) is 118 Å². The third-order valence-electron chi connectivity index (χ3n) is 13.0. The molecular formula is C55H66Cl2FN9O8. The number of fused-ring (bicyclic) bond motifs is 2. The number of aryl methyl sites for hydroxylation is 2. The fourth-order valence-corrected chi connectivity index (χ4v) is 9.32. The first-order valence-corrected chi connectivity index (χ1v) is 25.7. The predicted octanol–water partition coefficient (Wildman–Crippen LogP) is 8.58. The second kappa shape index (κ2) is 25.3. The number of phenols is 1. The zero-order chi connectivity index (χ0) is 53.9. The number of piperazine rings is 1. The van der Waals surface area contributed by atoms with Crippen LogP contribution in [0.3, 0.4) is 0 Å². The van der Waals surface area contributed by atoms with Crippen molar-refractivity contribution in [2.75, 3.05) is 75.1 Å². The lowest BCUT2D eigenvalue weighted by Gasteiger charge is -2.32. The fraction of sp³-hybridized carbons (Fsp3) is 0.418. The summed E-state index contributed by atoms with van der Waals surface area (Å²) in [6.45, 7) is 13.5. The van der Waals surface area contributed by atoms with Crippen molar-refractivity contribution in [2.24, 2.45) is 0 Å². The molecule has 2 aliphatic rings. The van der Waals surface area contributed by atoms with E-state index in [0.29, 0.717) is 65.6 Å². The van der Waals surface area contributed by atoms with Crippen LogP contribution < -0.4 is 36.2 Å². The number of nitrogens with zero attached hydrogens (tertiary/aromatic N) is 4. The molecule has 6 N–H and O–H groups in total. The first-order chi connectivity index (χ1) is 35.8. The number of anilines is 3. The van der Waals surface area contributed by atoms with Crippen molar-refractivity contribution >= 4 is 82.3 Å². The van der Waals surface area contributed by atoms with E-state index >= 15 is 4.39 Å². The van der Waals surface area contributed by atoms with Crippen molar-refractivity contribution in [3.8, 4) is 22.6 Å². The summed E-state index contributed by atoms with van der Waals surface area (Å²) >= 11 is 13.4. The lowest BCUT2D eigenvalue weighted by Crippen LogP contribution is -2.44. The summed E-state index contributed by atoms with van der Waals surface area (Å²) in [7, 11) is 1.51. The van der Waals surface area contributed by atoms with Crippen LogP contribution in [0.5, 0.6) is 11.5 Å². The van der Waals surface area contributed by atoms with E-state index in [0.717, 1.165) is 53.7 Å². The number of aromatic nitrogens is 2. The second-order valence-electron chi connectivity index (χ2n) is 19.9. The summed E-state index contributed by atoms with van der Waals surface area (Å²) in [5, 5.41) is 26.4. The lowest BCUT2D eigenvalue weighted by molar-refractivity contribution is -0.127. The lowest BCUT2D eigenvalue weighted by atomic mass is 9.89. The maximum absolute atomic E-state index is 17.0. The monoisotopic (exact) mass is 1070 g/mol. The highest BCUT2D eigenvalue weighted by atomic mass is 35.5. The number of ether oxygens (including phenoxy) is 3. The van der Waals surface area contributed by atoms with Crippen LogP contribution in [0.2, 0.25) is 10.0 Å². The maximum Gasteiger partial charge on any atom is 0.319 e. The molecular weight excluding hydrogens is 1000 g/mol. The summed E-state index contributed by atoms with van der Waals surface area (Å²) in [4.78, 5) is 61.6. The van der Waals surface area contributed by atoms with E-state index in [2.05, 4.69) is 36.5 Å². The number of benzene rings is 4. The van der Waals surface area contributed by atoms with E-state index in [1.807, 2.05) is 65.0 Å². The molecule has 1 fully saturated rings. The highest BCUT2D eigenvalue weighted by molar-refractivity contribution is 6.34. The number of urea groups is 1. The number of nitrogens with one attached hydrogen (secondary N) is 5. The number of aldehydes is 1. The number of halogens is 3. The SMILES string of the molecule is CNC(=O)CCC(C=O)N(C=O)Cc1cc(CNC(=O)Nc2cc(Cl)cc(OCC(C)(C)OCC(C)(C)OCCNc3nc(N4CCNCC4)c4cc(Cl)c(-c5cc(O)cc6c5C=CCC6)c(F)c4n3)c2)ccc1C. The Balaban J connectivity index is 0.912. The summed E-state index contributed by atoms with van der Waals surface area (Å²) < 4.78 is 35.7. The van der Waals surface area contributed by atoms with Gasteiger partial charge in [0.05, 0.1) is 35.5 Å². The molecule has 2 heterocycles. The number of hydrogen-bond donors (Lipinski definition) is 6. The predicted molar refractivity (Wildman–Crippen MR) is 291 cm³/mol. The van der Waals surface area contributed by atoms with E-state index < -0.39 is 29.1 Å². The Morgan fingerprint density at radius 3 is 2.52 bits per heavy atom. The van der Waals surface area contributed by atoms with Crippen LogP contribution in [0.1, 0.15) is 74.8 Å². The zero-order valence-corrected chi connectivity index (χ0v) is 44.7. The van der Waals surface area contributed by atoms with Crippen molar-refractivity contribution in [1.29, 1.82) is 0 Å². The molecule has 0 radical (unpaired) electrons. The van der Waals surface area contributed by atoms with Crippen LogP contribution in [0.25, 0.3) is 28.1 Å². The minimum atomic E-state index is -0.777. The minimum Gasteiger partial charge on any atom is -0.508 e. The molecule has 1 atom stereocenters. The summed E-state index contributed by atoms with van der Waals surface area (Å²) in [5.41, 5.74) is 3.88. The first-order valence-electron chi connectivity index (χ1n) is 25.0. The molecule has 5 aromatic rings. The van der Waals surface area contributed by atoms with E-state index in [9.17, 15) is 24.3 Å². The maximum atomic E-state index is 17.0. The van der Waals surface area contributed by atoms with Crippen LogP contribution in [-0.2, 0) is 43.4 Å². The first kappa shape index (κ1) is 56.2. The normalized spacial score (nSPS) is 14.0. The van der Waals surface area contributed by atoms with E-state index in [1.165, 1.54) is 11.9 Å². The van der Waals surface area contributed by atoms with Gasteiger partial charge in [-0.1, -0.05) is 53.6 Å². The molecule has 1 aliphatic heterocycles. The second-order valence-corrected chi connectivity index (χ2v) is 20.7. The van der Waals surface area contributed by atoms with Gasteiger partial charge in [0.2, 0.25) is 18.3 Å². The van der Waals surface area contributed by atoms with Gasteiger partial charge in [-0.2, -0.15) is 4.98 Å². The molecule has 1 unspecified atom stereocenters. The smallest absolute Gasteiger partial charge is 0.319 e. The standard InChI is InChI=1S/C55H66Cl2FN9O8/c1-34-11-12-35(21-37(34)29-67(33-69)40(30-68)13-14-47(71)59-6)28-62-53(72)63-39-23-38(56)24-42(25-39)73-31-54(2,3)75-32-55(4,5)74-20-17-61-52-64-50-45(51(65-52)66-18-15-60-16-19-66)27-46(57)48(49(50)58)44-26-41(70)22-36-9-7-8-10-43(36)44/h8,10-12,21-27,30,33,40,60,70H,7,9,13-20,28-29,31-32H2,1-6H3,(H,59,71)(H,61,64,65)(H2,62,63,72). The van der Waals surface area contributed by atoms with Crippen molar-refractivity contribution in [2.45, 2.75) is 90.6 Å². The Morgan fingerprint density at radius 1 is 1.00 bits per heavy atom. The molecule has 400 valence electrons. The van der Waals surface area contributed by atoms with Gasteiger partial charge in [-0.15, -0.1) is 0 Å². The van der Waals surface area contributed by atoms with Gasteiger partial charge in [-0.3, -0.25) is 9.59 Å². The van der Waals surface area contributed by atoms with Crippen molar-refractivity contribution in [1.82, 2.24) is 30.8 Å². The summed E-state index contributed by atoms with van der Waals surface area (Å²) in [6.07, 6.45) is 7.09. The van der Waals surface area contributed by atoms with Gasteiger partial charge < -0.3 is 60.5 Å². The van der Waals surface area contributed by atoms with Gasteiger partial charge in [0.1, 0.15) is 35.7 Å². The number of allylic oxidation sites excluding steroid dienone is 1. The number of rotatable bonds is 24. The molecule has 0 saturated carbocycles. The molecule has 1 aliphatic carbocycles. The van der Waals surface area contributed by atoms with E-state index in [4.69, 9.17) is 42.4 Å². The van der Waals surface area contributed by atoms with Crippen LogP contribution in [0.4, 0.5) is 26.6 Å². The molecule has 1 saturated heterocycles. The molecule has 75 heavy (non-hydrogen) atoms. The topological polar surface area (TPSA) is 209 Å². The molecule has 20 heteroatoms. The number of aromatic hydroxyl groups is 1. The Morgan fingerprint density at radius 2 is 1.77 bits per heavy atom. The number of carbonyl (C=O) groups excluding carboxylic acids is 4. The average Bonchev–Trinajstić information content (AvgIpc) is 3.39.